The van der Waals surface area contributed by atoms with Gasteiger partial charge in [-0.05, 0) is 31.2 Å². The lowest BCUT2D eigenvalue weighted by Crippen LogP contribution is -2.15. The quantitative estimate of drug-likeness (QED) is 0.910. The number of aryl methyl sites for hydroxylation is 1. The van der Waals surface area contributed by atoms with Crippen LogP contribution in [0.3, 0.4) is 0 Å². The molecule has 0 radical (unpaired) electrons. The van der Waals surface area contributed by atoms with Crippen molar-refractivity contribution >= 4 is 29.2 Å². The molecule has 0 fully saturated rings. The van der Waals surface area contributed by atoms with Crippen molar-refractivity contribution in [1.82, 2.24) is 9.97 Å². The molecule has 0 aliphatic heterocycles. The number of halogens is 2. The molecule has 19 heavy (non-hydrogen) atoms. The van der Waals surface area contributed by atoms with Crippen LogP contribution in [0.1, 0.15) is 5.69 Å². The van der Waals surface area contributed by atoms with Crippen LogP contribution in [0, 0.1) is 6.92 Å². The Morgan fingerprint density at radius 1 is 1.21 bits per heavy atom. The van der Waals surface area contributed by atoms with Gasteiger partial charge < -0.3 is 11.1 Å². The van der Waals surface area contributed by atoms with E-state index in [0.29, 0.717) is 29.1 Å². The Balaban J connectivity index is 2.41. The summed E-state index contributed by atoms with van der Waals surface area (Å²) in [7, 11) is 0. The molecule has 0 aliphatic rings. The lowest BCUT2D eigenvalue weighted by atomic mass is 10.1. The molecule has 4 nitrogen and oxygen atoms in total. The van der Waals surface area contributed by atoms with E-state index in [0.717, 1.165) is 17.0 Å². The summed E-state index contributed by atoms with van der Waals surface area (Å²) in [6, 6.07) is 7.21. The van der Waals surface area contributed by atoms with Crippen LogP contribution in [-0.2, 0) is 0 Å². The van der Waals surface area contributed by atoms with Crippen LogP contribution in [0.2, 0.25) is 10.0 Å². The first-order valence-electron chi connectivity index (χ1n) is 5.85. The van der Waals surface area contributed by atoms with E-state index in [1.807, 2.05) is 19.1 Å². The number of nitrogens with two attached hydrogens (primary N) is 1. The van der Waals surface area contributed by atoms with Crippen LogP contribution in [0.5, 0.6) is 0 Å². The smallest absolute Gasteiger partial charge is 0.223 e. The second-order valence-corrected chi connectivity index (χ2v) is 4.90. The van der Waals surface area contributed by atoms with Gasteiger partial charge in [0.25, 0.3) is 0 Å². The molecule has 2 aromatic rings. The Kier molecular flexibility index (Phi) is 4.58. The SMILES string of the molecule is Cc1cc(-c2ccc(Cl)cc2Cl)nc(NCCN)n1. The summed E-state index contributed by atoms with van der Waals surface area (Å²) < 4.78 is 0. The highest BCUT2D eigenvalue weighted by Crippen LogP contribution is 2.29. The third-order valence-electron chi connectivity index (χ3n) is 2.49. The standard InChI is InChI=1S/C13H14Cl2N4/c1-8-6-12(19-13(18-8)17-5-4-16)10-3-2-9(14)7-11(10)15/h2-3,6-7H,4-5,16H2,1H3,(H,17,18,19). The third-order valence-corrected chi connectivity index (χ3v) is 3.04. The molecule has 0 unspecified atom stereocenters. The molecule has 0 atom stereocenters. The maximum atomic E-state index is 6.19. The van der Waals surface area contributed by atoms with Crippen molar-refractivity contribution in [3.8, 4) is 11.3 Å². The zero-order chi connectivity index (χ0) is 13.8. The van der Waals surface area contributed by atoms with E-state index in [1.165, 1.54) is 0 Å². The molecule has 1 heterocycles. The Morgan fingerprint density at radius 3 is 2.68 bits per heavy atom. The maximum absolute atomic E-state index is 6.19. The van der Waals surface area contributed by atoms with Crippen LogP contribution in [0.15, 0.2) is 24.3 Å². The van der Waals surface area contributed by atoms with Crippen molar-refractivity contribution in [2.75, 3.05) is 18.4 Å². The Hall–Kier alpha value is -1.36. The summed E-state index contributed by atoms with van der Waals surface area (Å²) in [5, 5.41) is 4.22. The number of anilines is 1. The monoisotopic (exact) mass is 296 g/mol. The second-order valence-electron chi connectivity index (χ2n) is 4.06. The van der Waals surface area contributed by atoms with Gasteiger partial charge in [0.15, 0.2) is 0 Å². The summed E-state index contributed by atoms with van der Waals surface area (Å²) in [5.41, 5.74) is 7.89. The number of benzene rings is 1. The maximum Gasteiger partial charge on any atom is 0.223 e. The highest BCUT2D eigenvalue weighted by Gasteiger charge is 2.08. The predicted octanol–water partition coefficient (Wildman–Crippen LogP) is 3.13. The fourth-order valence-corrected chi connectivity index (χ4v) is 2.17. The van der Waals surface area contributed by atoms with Gasteiger partial charge in [-0.1, -0.05) is 23.2 Å². The number of hydrogen-bond donors (Lipinski definition) is 2. The van der Waals surface area contributed by atoms with Crippen LogP contribution in [0.4, 0.5) is 5.95 Å². The fourth-order valence-electron chi connectivity index (χ4n) is 1.67. The molecule has 1 aromatic carbocycles. The van der Waals surface area contributed by atoms with Crippen LogP contribution < -0.4 is 11.1 Å². The van der Waals surface area contributed by atoms with E-state index in [4.69, 9.17) is 28.9 Å². The van der Waals surface area contributed by atoms with Crippen LogP contribution in [-0.4, -0.2) is 23.1 Å². The molecule has 0 saturated carbocycles. The molecule has 0 bridgehead atoms. The minimum absolute atomic E-state index is 0.522. The molecule has 1 aromatic heterocycles. The van der Waals surface area contributed by atoms with E-state index in [9.17, 15) is 0 Å². The minimum Gasteiger partial charge on any atom is -0.353 e. The number of nitrogens with zero attached hydrogens (tertiary/aromatic N) is 2. The zero-order valence-corrected chi connectivity index (χ0v) is 12.0. The summed E-state index contributed by atoms with van der Waals surface area (Å²) in [6.07, 6.45) is 0. The Bertz CT molecular complexity index is 587. The molecule has 3 N–H and O–H groups in total. The highest BCUT2D eigenvalue weighted by molar-refractivity contribution is 6.36. The topological polar surface area (TPSA) is 63.8 Å². The van der Waals surface area contributed by atoms with Crippen LogP contribution >= 0.6 is 23.2 Å². The third kappa shape index (κ3) is 3.56. The second kappa shape index (κ2) is 6.19. The van der Waals surface area contributed by atoms with Gasteiger partial charge in [0, 0.05) is 29.4 Å². The average Bonchev–Trinajstić information content (AvgIpc) is 2.35. The number of rotatable bonds is 4. The Morgan fingerprint density at radius 2 is 2.00 bits per heavy atom. The summed E-state index contributed by atoms with van der Waals surface area (Å²) in [5.74, 6) is 0.548. The van der Waals surface area contributed by atoms with Crippen molar-refractivity contribution in [3.05, 3.63) is 40.0 Å². The van der Waals surface area contributed by atoms with Crippen molar-refractivity contribution in [2.24, 2.45) is 5.73 Å². The molecule has 0 aliphatic carbocycles. The van der Waals surface area contributed by atoms with Crippen molar-refractivity contribution in [2.45, 2.75) is 6.92 Å². The predicted molar refractivity (Wildman–Crippen MR) is 79.8 cm³/mol. The first kappa shape index (κ1) is 14.1. The van der Waals surface area contributed by atoms with Gasteiger partial charge in [-0.2, -0.15) is 0 Å². The van der Waals surface area contributed by atoms with E-state index in [1.54, 1.807) is 12.1 Å². The van der Waals surface area contributed by atoms with Gasteiger partial charge >= 0.3 is 0 Å². The van der Waals surface area contributed by atoms with Crippen molar-refractivity contribution in [3.63, 3.8) is 0 Å². The van der Waals surface area contributed by atoms with Gasteiger partial charge in [-0.3, -0.25) is 0 Å². The molecular formula is C13H14Cl2N4. The lowest BCUT2D eigenvalue weighted by Gasteiger charge is -2.09. The summed E-state index contributed by atoms with van der Waals surface area (Å²) >= 11 is 12.1. The van der Waals surface area contributed by atoms with E-state index in [-0.39, 0.29) is 0 Å². The number of aromatic nitrogens is 2. The van der Waals surface area contributed by atoms with Crippen LogP contribution in [0.25, 0.3) is 11.3 Å². The average molecular weight is 297 g/mol. The van der Waals surface area contributed by atoms with E-state index >= 15 is 0 Å². The van der Waals surface area contributed by atoms with Gasteiger partial charge in [-0.25, -0.2) is 9.97 Å². The normalized spacial score (nSPS) is 10.5. The molecule has 0 amide bonds. The van der Waals surface area contributed by atoms with E-state index < -0.39 is 0 Å². The van der Waals surface area contributed by atoms with E-state index in [2.05, 4.69) is 15.3 Å². The van der Waals surface area contributed by atoms with Gasteiger partial charge in [0.1, 0.15) is 0 Å². The lowest BCUT2D eigenvalue weighted by molar-refractivity contribution is 0.981. The number of hydrogen-bond acceptors (Lipinski definition) is 4. The molecule has 0 saturated heterocycles. The summed E-state index contributed by atoms with van der Waals surface area (Å²) in [6.45, 7) is 3.05. The van der Waals surface area contributed by atoms with Crippen molar-refractivity contribution < 1.29 is 0 Å². The Labute approximate surface area is 122 Å². The largest absolute Gasteiger partial charge is 0.353 e. The zero-order valence-electron chi connectivity index (χ0n) is 10.5. The first-order chi connectivity index (χ1) is 9.10. The molecule has 100 valence electrons. The highest BCUT2D eigenvalue weighted by atomic mass is 35.5. The number of nitrogens with one attached hydrogen (secondary N) is 1. The molecule has 6 heteroatoms. The van der Waals surface area contributed by atoms with Gasteiger partial charge in [0.05, 0.1) is 10.7 Å². The van der Waals surface area contributed by atoms with Gasteiger partial charge in [-0.15, -0.1) is 0 Å². The van der Waals surface area contributed by atoms with Crippen molar-refractivity contribution in [1.29, 1.82) is 0 Å². The fraction of sp³-hybridized carbons (Fsp3) is 0.231. The molecule has 0 spiro atoms. The molecular weight excluding hydrogens is 283 g/mol. The molecule has 2 rings (SSSR count). The van der Waals surface area contributed by atoms with Gasteiger partial charge in [0.2, 0.25) is 5.95 Å². The first-order valence-corrected chi connectivity index (χ1v) is 6.61. The summed E-state index contributed by atoms with van der Waals surface area (Å²) in [4.78, 5) is 8.72. The minimum atomic E-state index is 0.522.